The molecule has 104 valence electrons. The van der Waals surface area contributed by atoms with E-state index >= 15 is 0 Å². The van der Waals surface area contributed by atoms with Gasteiger partial charge < -0.3 is 9.52 Å². The summed E-state index contributed by atoms with van der Waals surface area (Å²) in [5.41, 5.74) is 1.46. The van der Waals surface area contributed by atoms with E-state index in [1.807, 2.05) is 19.1 Å². The smallest absolute Gasteiger partial charge is 0.372 e. The number of aromatic nitrogens is 1. The van der Waals surface area contributed by atoms with Crippen molar-refractivity contribution >= 4 is 16.9 Å². The number of nitrogens with zero attached hydrogens (tertiary/aromatic N) is 1. The van der Waals surface area contributed by atoms with E-state index < -0.39 is 11.6 Å². The zero-order valence-electron chi connectivity index (χ0n) is 11.2. The molecule has 3 rings (SSSR count). The van der Waals surface area contributed by atoms with Gasteiger partial charge in [0.15, 0.2) is 5.52 Å². The Hall–Kier alpha value is -2.95. The second kappa shape index (κ2) is 4.86. The summed E-state index contributed by atoms with van der Waals surface area (Å²) in [6.07, 6.45) is 1.47. The monoisotopic (exact) mass is 281 g/mol. The van der Waals surface area contributed by atoms with Gasteiger partial charge in [0.25, 0.3) is 0 Å². The second-order valence-corrected chi connectivity index (χ2v) is 4.66. The van der Waals surface area contributed by atoms with Crippen molar-refractivity contribution in [2.45, 2.75) is 6.92 Å². The summed E-state index contributed by atoms with van der Waals surface area (Å²) in [5.74, 6) is -1.65. The van der Waals surface area contributed by atoms with Gasteiger partial charge in [0, 0.05) is 17.1 Å². The van der Waals surface area contributed by atoms with E-state index in [0.717, 1.165) is 5.56 Å². The number of hydrogen-bond acceptors (Lipinski definition) is 4. The summed E-state index contributed by atoms with van der Waals surface area (Å²) in [4.78, 5) is 27.2. The summed E-state index contributed by atoms with van der Waals surface area (Å²) in [6.45, 7) is 1.94. The maximum atomic E-state index is 11.8. The third-order valence-corrected chi connectivity index (χ3v) is 3.23. The highest BCUT2D eigenvalue weighted by Gasteiger charge is 2.20. The molecule has 1 N–H and O–H groups in total. The molecular weight excluding hydrogens is 270 g/mol. The lowest BCUT2D eigenvalue weighted by Crippen LogP contribution is -2.10. The van der Waals surface area contributed by atoms with Gasteiger partial charge in [-0.25, -0.2) is 14.6 Å². The molecule has 5 heteroatoms. The minimum Gasteiger partial charge on any atom is -0.475 e. The van der Waals surface area contributed by atoms with Crippen LogP contribution >= 0.6 is 0 Å². The third-order valence-electron chi connectivity index (χ3n) is 3.23. The van der Waals surface area contributed by atoms with Crippen LogP contribution in [0, 0.1) is 6.92 Å². The lowest BCUT2D eigenvalue weighted by Gasteiger charge is -2.08. The molecule has 0 fully saturated rings. The predicted octanol–water partition coefficient (Wildman–Crippen LogP) is 2.86. The maximum absolute atomic E-state index is 11.8. The Bertz CT molecular complexity index is 894. The largest absolute Gasteiger partial charge is 0.475 e. The molecule has 1 aromatic carbocycles. The molecular formula is C16H11NO4. The number of aromatic carboxylic acids is 1. The number of carboxylic acid groups (broad SMARTS) is 1. The molecule has 0 aliphatic carbocycles. The van der Waals surface area contributed by atoms with Crippen LogP contribution in [0.1, 0.15) is 16.1 Å². The van der Waals surface area contributed by atoms with Crippen molar-refractivity contribution in [2.75, 3.05) is 0 Å². The highest BCUT2D eigenvalue weighted by atomic mass is 16.4. The van der Waals surface area contributed by atoms with Crippen LogP contribution in [0.25, 0.3) is 22.0 Å². The molecule has 0 amide bonds. The summed E-state index contributed by atoms with van der Waals surface area (Å²) < 4.78 is 4.95. The molecule has 0 atom stereocenters. The molecule has 5 nitrogen and oxygen atoms in total. The van der Waals surface area contributed by atoms with Crippen LogP contribution < -0.4 is 5.63 Å². The fraction of sp³-hybridized carbons (Fsp3) is 0.0625. The predicted molar refractivity (Wildman–Crippen MR) is 77.4 cm³/mol. The Kier molecular flexibility index (Phi) is 3.02. The number of fused-ring (bicyclic) bond motifs is 1. The van der Waals surface area contributed by atoms with E-state index in [9.17, 15) is 14.7 Å². The molecule has 0 saturated carbocycles. The first-order chi connectivity index (χ1) is 10.1. The molecule has 0 aliphatic rings. The van der Waals surface area contributed by atoms with Crippen molar-refractivity contribution in [3.05, 3.63) is 64.3 Å². The van der Waals surface area contributed by atoms with Gasteiger partial charge in [-0.15, -0.1) is 0 Å². The first-order valence-electron chi connectivity index (χ1n) is 6.30. The standard InChI is InChI=1S/C16H11NO4/c1-9-4-6-10(7-5-9)12-11-3-2-8-17-13(11)16(20)21-14(12)15(18)19/h2-8H,1H3,(H,18,19). The van der Waals surface area contributed by atoms with Gasteiger partial charge in [-0.3, -0.25) is 0 Å². The third kappa shape index (κ3) is 2.18. The molecule has 0 aliphatic heterocycles. The van der Waals surface area contributed by atoms with Gasteiger partial charge in [0.05, 0.1) is 0 Å². The molecule has 0 unspecified atom stereocenters. The van der Waals surface area contributed by atoms with Gasteiger partial charge in [0.2, 0.25) is 5.76 Å². The van der Waals surface area contributed by atoms with E-state index in [1.54, 1.807) is 24.3 Å². The zero-order chi connectivity index (χ0) is 15.0. The van der Waals surface area contributed by atoms with Crippen molar-refractivity contribution < 1.29 is 14.3 Å². The molecule has 21 heavy (non-hydrogen) atoms. The number of aryl methyl sites for hydroxylation is 1. The van der Waals surface area contributed by atoms with E-state index in [2.05, 4.69) is 4.98 Å². The number of carboxylic acids is 1. The van der Waals surface area contributed by atoms with Crippen LogP contribution in [0.2, 0.25) is 0 Å². The highest BCUT2D eigenvalue weighted by molar-refractivity contribution is 6.03. The van der Waals surface area contributed by atoms with Gasteiger partial charge in [-0.1, -0.05) is 35.9 Å². The molecule has 0 saturated heterocycles. The topological polar surface area (TPSA) is 80.4 Å². The molecule has 2 aromatic heterocycles. The molecule has 0 spiro atoms. The number of pyridine rings is 1. The SMILES string of the molecule is Cc1ccc(-c2c(C(=O)O)oc(=O)c3ncccc23)cc1. The Morgan fingerprint density at radius 1 is 1.19 bits per heavy atom. The van der Waals surface area contributed by atoms with Crippen molar-refractivity contribution in [1.82, 2.24) is 4.98 Å². The van der Waals surface area contributed by atoms with Crippen LogP contribution in [0.5, 0.6) is 0 Å². The average molecular weight is 281 g/mol. The van der Waals surface area contributed by atoms with E-state index in [0.29, 0.717) is 16.5 Å². The van der Waals surface area contributed by atoms with Crippen LogP contribution in [0.15, 0.2) is 51.8 Å². The second-order valence-electron chi connectivity index (χ2n) is 4.66. The Morgan fingerprint density at radius 3 is 2.57 bits per heavy atom. The minimum absolute atomic E-state index is 0.123. The van der Waals surface area contributed by atoms with Crippen molar-refractivity contribution in [3.63, 3.8) is 0 Å². The normalized spacial score (nSPS) is 10.7. The van der Waals surface area contributed by atoms with Gasteiger partial charge in [-0.05, 0) is 18.6 Å². The lowest BCUT2D eigenvalue weighted by molar-refractivity contribution is 0.0659. The van der Waals surface area contributed by atoms with E-state index in [4.69, 9.17) is 4.42 Å². The van der Waals surface area contributed by atoms with Crippen molar-refractivity contribution in [3.8, 4) is 11.1 Å². The van der Waals surface area contributed by atoms with Crippen LogP contribution in [0.4, 0.5) is 0 Å². The number of hydrogen-bond donors (Lipinski definition) is 1. The van der Waals surface area contributed by atoms with E-state index in [-0.39, 0.29) is 11.3 Å². The molecule has 2 heterocycles. The first kappa shape index (κ1) is 13.1. The highest BCUT2D eigenvalue weighted by Crippen LogP contribution is 2.30. The van der Waals surface area contributed by atoms with Gasteiger partial charge in [-0.2, -0.15) is 0 Å². The Labute approximate surface area is 119 Å². The minimum atomic E-state index is -1.28. The van der Waals surface area contributed by atoms with Crippen molar-refractivity contribution in [2.24, 2.45) is 0 Å². The molecule has 3 aromatic rings. The average Bonchev–Trinajstić information content (AvgIpc) is 2.48. The first-order valence-corrected chi connectivity index (χ1v) is 6.30. The fourth-order valence-corrected chi connectivity index (χ4v) is 2.24. The molecule has 0 radical (unpaired) electrons. The Balaban J connectivity index is 2.46. The summed E-state index contributed by atoms with van der Waals surface area (Å²) in [6, 6.07) is 10.7. The number of rotatable bonds is 2. The summed E-state index contributed by atoms with van der Waals surface area (Å²) in [7, 11) is 0. The van der Waals surface area contributed by atoms with Gasteiger partial charge in [0.1, 0.15) is 0 Å². The van der Waals surface area contributed by atoms with Crippen LogP contribution in [0.3, 0.4) is 0 Å². The number of carbonyl (C=O) groups is 1. The quantitative estimate of drug-likeness (QED) is 0.781. The molecule has 0 bridgehead atoms. The van der Waals surface area contributed by atoms with E-state index in [1.165, 1.54) is 6.20 Å². The van der Waals surface area contributed by atoms with Crippen LogP contribution in [-0.4, -0.2) is 16.1 Å². The van der Waals surface area contributed by atoms with Crippen LogP contribution in [-0.2, 0) is 0 Å². The fourth-order valence-electron chi connectivity index (χ4n) is 2.24. The summed E-state index contributed by atoms with van der Waals surface area (Å²) >= 11 is 0. The van der Waals surface area contributed by atoms with Gasteiger partial charge >= 0.3 is 11.6 Å². The Morgan fingerprint density at radius 2 is 1.90 bits per heavy atom. The lowest BCUT2D eigenvalue weighted by atomic mass is 9.99. The number of benzene rings is 1. The van der Waals surface area contributed by atoms with Crippen molar-refractivity contribution in [1.29, 1.82) is 0 Å². The maximum Gasteiger partial charge on any atom is 0.372 e. The zero-order valence-corrected chi connectivity index (χ0v) is 11.2. The summed E-state index contributed by atoms with van der Waals surface area (Å²) in [5, 5.41) is 9.78.